The van der Waals surface area contributed by atoms with Gasteiger partial charge in [-0.2, -0.15) is 0 Å². The van der Waals surface area contributed by atoms with Crippen LogP contribution in [0.25, 0.3) is 6.08 Å². The van der Waals surface area contributed by atoms with Crippen LogP contribution >= 0.6 is 35.3 Å². The van der Waals surface area contributed by atoms with E-state index in [-0.39, 0.29) is 10.2 Å². The zero-order valence-corrected chi connectivity index (χ0v) is 11.8. The van der Waals surface area contributed by atoms with Crippen molar-refractivity contribution in [2.24, 2.45) is 0 Å². The summed E-state index contributed by atoms with van der Waals surface area (Å²) in [5.74, 6) is -1.41. The summed E-state index contributed by atoms with van der Waals surface area (Å²) in [6, 6.07) is 2.83. The molecule has 1 aromatic rings. The Balaban J connectivity index is 2.27. The normalized spacial score (nSPS) is 19.6. The lowest BCUT2D eigenvalue weighted by Gasteiger charge is -2.18. The lowest BCUT2D eigenvalue weighted by molar-refractivity contribution is -0.144. The van der Waals surface area contributed by atoms with Gasteiger partial charge in [-0.05, 0) is 24.4 Å². The first-order chi connectivity index (χ1) is 8.50. The monoisotopic (exact) mass is 299 g/mol. The Bertz CT molecular complexity index is 536. The molecular weight excluding hydrogens is 290 g/mol. The van der Waals surface area contributed by atoms with Gasteiger partial charge in [-0.3, -0.25) is 9.69 Å². The van der Waals surface area contributed by atoms with E-state index in [2.05, 4.69) is 0 Å². The van der Waals surface area contributed by atoms with E-state index in [0.29, 0.717) is 4.91 Å². The van der Waals surface area contributed by atoms with Crippen LogP contribution in [-0.4, -0.2) is 32.2 Å². The third kappa shape index (κ3) is 2.47. The number of hydrogen-bond donors (Lipinski definition) is 1. The van der Waals surface area contributed by atoms with Crippen LogP contribution in [0.5, 0.6) is 0 Å². The Morgan fingerprint density at radius 3 is 2.89 bits per heavy atom. The Kier molecular flexibility index (Phi) is 3.84. The van der Waals surface area contributed by atoms with Crippen molar-refractivity contribution in [2.75, 3.05) is 0 Å². The van der Waals surface area contributed by atoms with Crippen molar-refractivity contribution in [1.29, 1.82) is 0 Å². The Labute approximate surface area is 117 Å². The molecule has 18 heavy (non-hydrogen) atoms. The quantitative estimate of drug-likeness (QED) is 0.686. The summed E-state index contributed by atoms with van der Waals surface area (Å²) in [7, 11) is 0. The molecule has 1 amide bonds. The molecule has 1 aromatic heterocycles. The summed E-state index contributed by atoms with van der Waals surface area (Å²) in [6.07, 6.45) is 1.73. The number of carbonyl (C=O) groups is 2. The molecule has 94 valence electrons. The summed E-state index contributed by atoms with van der Waals surface area (Å²) in [5.41, 5.74) is 0. The lowest BCUT2D eigenvalue weighted by Crippen LogP contribution is -2.41. The molecule has 0 saturated carbocycles. The Morgan fingerprint density at radius 2 is 2.33 bits per heavy atom. The molecule has 0 aliphatic carbocycles. The number of carboxylic acids is 1. The Morgan fingerprint density at radius 1 is 1.61 bits per heavy atom. The van der Waals surface area contributed by atoms with E-state index in [4.69, 9.17) is 17.3 Å². The number of thioether (sulfide) groups is 1. The zero-order valence-electron chi connectivity index (χ0n) is 9.32. The van der Waals surface area contributed by atoms with Crippen LogP contribution in [0.4, 0.5) is 0 Å². The number of carboxylic acid groups (broad SMARTS) is 1. The fraction of sp³-hybridized carbons (Fsp3) is 0.182. The molecular formula is C11H9NO3S3. The van der Waals surface area contributed by atoms with Gasteiger partial charge in [0.2, 0.25) is 0 Å². The minimum absolute atomic E-state index is 0.290. The van der Waals surface area contributed by atoms with E-state index in [1.165, 1.54) is 18.3 Å². The van der Waals surface area contributed by atoms with Crippen molar-refractivity contribution in [1.82, 2.24) is 4.90 Å². The van der Waals surface area contributed by atoms with Gasteiger partial charge in [-0.1, -0.05) is 30.0 Å². The first-order valence-electron chi connectivity index (χ1n) is 5.04. The van der Waals surface area contributed by atoms with Gasteiger partial charge < -0.3 is 5.11 Å². The number of aliphatic carboxylic acids is 1. The third-order valence-electron chi connectivity index (χ3n) is 2.38. The molecule has 0 bridgehead atoms. The molecule has 1 atom stereocenters. The highest BCUT2D eigenvalue weighted by Gasteiger charge is 2.38. The summed E-state index contributed by atoms with van der Waals surface area (Å²) >= 11 is 7.70. The fourth-order valence-corrected chi connectivity index (χ4v) is 3.57. The van der Waals surface area contributed by atoms with Gasteiger partial charge in [0.05, 0.1) is 4.91 Å². The average Bonchev–Trinajstić information content (AvgIpc) is 2.88. The summed E-state index contributed by atoms with van der Waals surface area (Å²) in [6.45, 7) is 1.45. The van der Waals surface area contributed by atoms with Crippen LogP contribution in [0.15, 0.2) is 22.4 Å². The maximum absolute atomic E-state index is 12.1. The van der Waals surface area contributed by atoms with Crippen molar-refractivity contribution < 1.29 is 14.7 Å². The van der Waals surface area contributed by atoms with E-state index in [1.54, 1.807) is 6.08 Å². The van der Waals surface area contributed by atoms with E-state index in [1.807, 2.05) is 17.5 Å². The number of thiocarbonyl (C=S) groups is 1. The number of hydrogen-bond acceptors (Lipinski definition) is 5. The third-order valence-corrected chi connectivity index (χ3v) is 4.53. The number of rotatable bonds is 3. The van der Waals surface area contributed by atoms with Crippen molar-refractivity contribution in [3.05, 3.63) is 27.3 Å². The molecule has 0 radical (unpaired) electrons. The van der Waals surface area contributed by atoms with Crippen LogP contribution < -0.4 is 0 Å². The minimum atomic E-state index is -1.07. The molecule has 1 fully saturated rings. The second-order valence-corrected chi connectivity index (χ2v) is 6.24. The maximum atomic E-state index is 12.1. The average molecular weight is 299 g/mol. The van der Waals surface area contributed by atoms with Gasteiger partial charge in [-0.15, -0.1) is 11.3 Å². The second-order valence-electron chi connectivity index (χ2n) is 3.58. The van der Waals surface area contributed by atoms with Crippen molar-refractivity contribution >= 4 is 57.6 Å². The fourth-order valence-electron chi connectivity index (χ4n) is 1.43. The van der Waals surface area contributed by atoms with Crippen molar-refractivity contribution in [3.8, 4) is 0 Å². The molecule has 1 saturated heterocycles. The maximum Gasteiger partial charge on any atom is 0.326 e. The molecule has 1 aliphatic rings. The molecule has 4 nitrogen and oxygen atoms in total. The van der Waals surface area contributed by atoms with Crippen molar-refractivity contribution in [3.63, 3.8) is 0 Å². The van der Waals surface area contributed by atoms with Gasteiger partial charge in [0.1, 0.15) is 10.4 Å². The van der Waals surface area contributed by atoms with E-state index < -0.39 is 12.0 Å². The lowest BCUT2D eigenvalue weighted by atomic mass is 10.3. The highest BCUT2D eigenvalue weighted by atomic mass is 32.2. The predicted molar refractivity (Wildman–Crippen MR) is 76.4 cm³/mol. The number of thiophene rings is 1. The Hall–Kier alpha value is -1.18. The van der Waals surface area contributed by atoms with Crippen LogP contribution in [-0.2, 0) is 9.59 Å². The molecule has 1 aliphatic heterocycles. The van der Waals surface area contributed by atoms with Crippen LogP contribution in [0.1, 0.15) is 11.8 Å². The molecule has 0 spiro atoms. The highest BCUT2D eigenvalue weighted by molar-refractivity contribution is 8.26. The minimum Gasteiger partial charge on any atom is -0.480 e. The molecule has 2 heterocycles. The number of carbonyl (C=O) groups excluding carboxylic acids is 1. The standard InChI is InChI=1S/C11H9NO3S3/c1-6(10(14)15)12-9(13)8(18-11(12)16)5-7-3-2-4-17-7/h2-6H,1H3,(H,14,15)/b8-5+/t6-/m0/s1. The topological polar surface area (TPSA) is 57.6 Å². The molecule has 0 unspecified atom stereocenters. The molecule has 0 aromatic carbocycles. The summed E-state index contributed by atoms with van der Waals surface area (Å²) < 4.78 is 0.290. The van der Waals surface area contributed by atoms with Gasteiger partial charge in [0.15, 0.2) is 0 Å². The van der Waals surface area contributed by atoms with Crippen LogP contribution in [0, 0.1) is 0 Å². The molecule has 1 N–H and O–H groups in total. The van der Waals surface area contributed by atoms with Crippen LogP contribution in [0.2, 0.25) is 0 Å². The number of amides is 1. The van der Waals surface area contributed by atoms with E-state index >= 15 is 0 Å². The molecule has 7 heteroatoms. The summed E-state index contributed by atoms with van der Waals surface area (Å²) in [4.78, 5) is 25.6. The van der Waals surface area contributed by atoms with Gasteiger partial charge in [-0.25, -0.2) is 4.79 Å². The summed E-state index contributed by atoms with van der Waals surface area (Å²) in [5, 5.41) is 10.8. The van der Waals surface area contributed by atoms with Gasteiger partial charge in [0.25, 0.3) is 5.91 Å². The highest BCUT2D eigenvalue weighted by Crippen LogP contribution is 2.34. The van der Waals surface area contributed by atoms with E-state index in [0.717, 1.165) is 21.5 Å². The predicted octanol–water partition coefficient (Wildman–Crippen LogP) is 2.42. The second kappa shape index (κ2) is 5.21. The first kappa shape index (κ1) is 13.3. The first-order valence-corrected chi connectivity index (χ1v) is 7.14. The van der Waals surface area contributed by atoms with E-state index in [9.17, 15) is 9.59 Å². The van der Waals surface area contributed by atoms with Crippen LogP contribution in [0.3, 0.4) is 0 Å². The number of nitrogens with zero attached hydrogens (tertiary/aromatic N) is 1. The SMILES string of the molecule is C[C@@H](C(=O)O)N1C(=O)/C(=C\c2cccs2)SC1=S. The smallest absolute Gasteiger partial charge is 0.326 e. The van der Waals surface area contributed by atoms with Gasteiger partial charge >= 0.3 is 5.97 Å². The zero-order chi connectivity index (χ0) is 13.3. The largest absolute Gasteiger partial charge is 0.480 e. The van der Waals surface area contributed by atoms with Crippen molar-refractivity contribution in [2.45, 2.75) is 13.0 Å². The van der Waals surface area contributed by atoms with Gasteiger partial charge in [0, 0.05) is 4.88 Å². The molecule has 2 rings (SSSR count).